The molecule has 1 aliphatic carbocycles. The Hall–Kier alpha value is -2.20. The zero-order chi connectivity index (χ0) is 16.8. The van der Waals surface area contributed by atoms with Gasteiger partial charge in [-0.1, -0.05) is 48.2 Å². The van der Waals surface area contributed by atoms with Gasteiger partial charge in [0, 0.05) is 23.6 Å². The average molecular weight is 348 g/mol. The summed E-state index contributed by atoms with van der Waals surface area (Å²) in [7, 11) is 1.72. The molecule has 2 aliphatic heterocycles. The lowest BCUT2D eigenvalue weighted by molar-refractivity contribution is 0.399. The van der Waals surface area contributed by atoms with Gasteiger partial charge in [0.2, 0.25) is 0 Å². The third-order valence-corrected chi connectivity index (χ3v) is 6.28. The average Bonchev–Trinajstić information content (AvgIpc) is 3.14. The number of benzene rings is 2. The maximum absolute atomic E-state index is 5.35. The van der Waals surface area contributed by atoms with E-state index in [4.69, 9.17) is 9.73 Å². The van der Waals surface area contributed by atoms with Crippen LogP contribution in [0.1, 0.15) is 29.2 Å². The smallest absolute Gasteiger partial charge is 0.164 e. The Balaban J connectivity index is 1.69. The molecule has 1 saturated heterocycles. The Bertz CT molecular complexity index is 885. The molecule has 0 spiro atoms. The maximum atomic E-state index is 5.35. The molecule has 0 saturated carbocycles. The lowest BCUT2D eigenvalue weighted by Crippen LogP contribution is -2.34. The molecule has 0 amide bonds. The molecule has 2 heterocycles. The number of rotatable bonds is 2. The van der Waals surface area contributed by atoms with E-state index in [2.05, 4.69) is 53.4 Å². The van der Waals surface area contributed by atoms with Gasteiger partial charge in [-0.25, -0.2) is 4.99 Å². The van der Waals surface area contributed by atoms with Crippen LogP contribution in [0.25, 0.3) is 5.57 Å². The first-order valence-corrected chi connectivity index (χ1v) is 9.77. The molecule has 0 radical (unpaired) electrons. The number of hydrogen-bond donors (Lipinski definition) is 0. The van der Waals surface area contributed by atoms with Crippen molar-refractivity contribution in [2.75, 3.05) is 19.4 Å². The number of methoxy groups -OCH3 is 1. The molecular formula is C21H20N2OS. The van der Waals surface area contributed by atoms with E-state index in [1.165, 1.54) is 33.1 Å². The van der Waals surface area contributed by atoms with Crippen LogP contribution in [0.2, 0.25) is 0 Å². The lowest BCUT2D eigenvalue weighted by atomic mass is 9.81. The van der Waals surface area contributed by atoms with Gasteiger partial charge < -0.3 is 9.64 Å². The van der Waals surface area contributed by atoms with Crippen LogP contribution in [0.5, 0.6) is 5.75 Å². The first kappa shape index (κ1) is 15.1. The highest BCUT2D eigenvalue weighted by Gasteiger charge is 2.38. The summed E-state index contributed by atoms with van der Waals surface area (Å²) in [6, 6.07) is 17.6. The van der Waals surface area contributed by atoms with E-state index in [0.29, 0.717) is 0 Å². The summed E-state index contributed by atoms with van der Waals surface area (Å²) in [5, 5.41) is 1.19. The maximum Gasteiger partial charge on any atom is 0.164 e. The summed E-state index contributed by atoms with van der Waals surface area (Å²) < 4.78 is 5.35. The van der Waals surface area contributed by atoms with Crippen LogP contribution in [0.3, 0.4) is 0 Å². The predicted molar refractivity (Wildman–Crippen MR) is 104 cm³/mol. The number of nitrogens with zero attached hydrogens (tertiary/aromatic N) is 2. The van der Waals surface area contributed by atoms with E-state index >= 15 is 0 Å². The van der Waals surface area contributed by atoms with Gasteiger partial charge in [0.15, 0.2) is 5.17 Å². The Labute approximate surface area is 152 Å². The van der Waals surface area contributed by atoms with E-state index in [9.17, 15) is 0 Å². The first-order chi connectivity index (χ1) is 12.3. The van der Waals surface area contributed by atoms with Gasteiger partial charge in [-0.2, -0.15) is 0 Å². The monoisotopic (exact) mass is 348 g/mol. The third-order valence-electron chi connectivity index (χ3n) is 5.31. The number of hydrogen-bond acceptors (Lipinski definition) is 4. The van der Waals surface area contributed by atoms with Crippen molar-refractivity contribution in [1.29, 1.82) is 0 Å². The van der Waals surface area contributed by atoms with Crippen molar-refractivity contribution in [2.45, 2.75) is 18.9 Å². The Kier molecular flexibility index (Phi) is 3.59. The Morgan fingerprint density at radius 1 is 1.08 bits per heavy atom. The van der Waals surface area contributed by atoms with Crippen molar-refractivity contribution in [1.82, 2.24) is 4.90 Å². The highest BCUT2D eigenvalue weighted by molar-refractivity contribution is 8.14. The number of aryl methyl sites for hydroxylation is 1. The molecule has 25 heavy (non-hydrogen) atoms. The number of amidine groups is 1. The zero-order valence-corrected chi connectivity index (χ0v) is 15.1. The summed E-state index contributed by atoms with van der Waals surface area (Å²) in [6.07, 6.45) is 2.13. The van der Waals surface area contributed by atoms with E-state index in [1.54, 1.807) is 7.11 Å². The van der Waals surface area contributed by atoms with Gasteiger partial charge in [-0.05, 0) is 41.7 Å². The zero-order valence-electron chi connectivity index (χ0n) is 14.2. The minimum Gasteiger partial charge on any atom is -0.497 e. The second kappa shape index (κ2) is 5.95. The molecule has 5 rings (SSSR count). The summed E-state index contributed by atoms with van der Waals surface area (Å²) in [4.78, 5) is 7.51. The van der Waals surface area contributed by atoms with Crippen LogP contribution >= 0.6 is 11.8 Å². The van der Waals surface area contributed by atoms with E-state index in [-0.39, 0.29) is 6.04 Å². The third kappa shape index (κ3) is 2.39. The van der Waals surface area contributed by atoms with Crippen molar-refractivity contribution in [3.05, 3.63) is 70.9 Å². The van der Waals surface area contributed by atoms with Crippen molar-refractivity contribution in [3.8, 4) is 5.75 Å². The molecular weight excluding hydrogens is 328 g/mol. The minimum absolute atomic E-state index is 0.254. The molecule has 0 aromatic heterocycles. The van der Waals surface area contributed by atoms with Crippen LogP contribution in [0.15, 0.2) is 59.2 Å². The van der Waals surface area contributed by atoms with Gasteiger partial charge in [-0.15, -0.1) is 0 Å². The van der Waals surface area contributed by atoms with Crippen LogP contribution in [-0.2, 0) is 6.42 Å². The minimum atomic E-state index is 0.254. The molecule has 3 aliphatic rings. The molecule has 1 atom stereocenters. The summed E-state index contributed by atoms with van der Waals surface area (Å²) in [6.45, 7) is 1.05. The normalized spacial score (nSPS) is 21.4. The lowest BCUT2D eigenvalue weighted by Gasteiger charge is -2.38. The van der Waals surface area contributed by atoms with Crippen molar-refractivity contribution in [3.63, 3.8) is 0 Å². The molecule has 4 heteroatoms. The van der Waals surface area contributed by atoms with Crippen LogP contribution in [-0.4, -0.2) is 29.5 Å². The van der Waals surface area contributed by atoms with E-state index < -0.39 is 0 Å². The summed E-state index contributed by atoms with van der Waals surface area (Å²) in [5.41, 5.74) is 6.83. The fourth-order valence-corrected chi connectivity index (χ4v) is 5.13. The summed E-state index contributed by atoms with van der Waals surface area (Å²) >= 11 is 1.89. The van der Waals surface area contributed by atoms with Crippen molar-refractivity contribution < 1.29 is 4.74 Å². The fraction of sp³-hybridized carbons (Fsp3) is 0.286. The quantitative estimate of drug-likeness (QED) is 0.798. The number of aliphatic imine (C=N–C) groups is 1. The van der Waals surface area contributed by atoms with Gasteiger partial charge >= 0.3 is 0 Å². The van der Waals surface area contributed by atoms with Gasteiger partial charge in [0.1, 0.15) is 5.75 Å². The molecule has 1 fully saturated rings. The second-order valence-electron chi connectivity index (χ2n) is 6.63. The summed E-state index contributed by atoms with van der Waals surface area (Å²) in [5.74, 6) is 2.02. The van der Waals surface area contributed by atoms with E-state index in [0.717, 1.165) is 30.9 Å². The SMILES string of the molecule is COc1ccc(C2C3=C(CCc4ccccc43)N=C3SCCN32)cc1. The molecule has 2 aromatic rings. The molecule has 0 bridgehead atoms. The molecule has 126 valence electrons. The topological polar surface area (TPSA) is 24.8 Å². The van der Waals surface area contributed by atoms with Crippen molar-refractivity contribution >= 4 is 22.5 Å². The number of ether oxygens (including phenoxy) is 1. The Morgan fingerprint density at radius 3 is 2.76 bits per heavy atom. The van der Waals surface area contributed by atoms with Crippen LogP contribution in [0.4, 0.5) is 0 Å². The number of thioether (sulfide) groups is 1. The largest absolute Gasteiger partial charge is 0.497 e. The van der Waals surface area contributed by atoms with Gasteiger partial charge in [-0.3, -0.25) is 0 Å². The molecule has 2 aromatic carbocycles. The Morgan fingerprint density at radius 2 is 1.92 bits per heavy atom. The molecule has 0 N–H and O–H groups in total. The van der Waals surface area contributed by atoms with Crippen LogP contribution in [0, 0.1) is 0 Å². The molecule has 3 nitrogen and oxygen atoms in total. The van der Waals surface area contributed by atoms with Crippen molar-refractivity contribution in [2.24, 2.45) is 4.99 Å². The highest BCUT2D eigenvalue weighted by Crippen LogP contribution is 2.48. The highest BCUT2D eigenvalue weighted by atomic mass is 32.2. The van der Waals surface area contributed by atoms with Gasteiger partial charge in [0.25, 0.3) is 0 Å². The second-order valence-corrected chi connectivity index (χ2v) is 7.69. The number of allylic oxidation sites excluding steroid dienone is 1. The van der Waals surface area contributed by atoms with Crippen LogP contribution < -0.4 is 4.74 Å². The van der Waals surface area contributed by atoms with Gasteiger partial charge in [0.05, 0.1) is 13.2 Å². The standard InChI is InChI=1S/C21H20N2OS/c1-24-16-9-6-15(7-10-16)20-19-17-5-3-2-4-14(17)8-11-18(19)22-21-23(20)12-13-25-21/h2-7,9-10,20H,8,11-13H2,1H3. The number of fused-ring (bicyclic) bond motifs is 3. The van der Waals surface area contributed by atoms with E-state index in [1.807, 2.05) is 11.8 Å². The first-order valence-electron chi connectivity index (χ1n) is 8.78. The predicted octanol–water partition coefficient (Wildman–Crippen LogP) is 4.51. The fourth-order valence-electron chi connectivity index (χ4n) is 4.12. The molecule has 1 unspecified atom stereocenters.